The van der Waals surface area contributed by atoms with Gasteiger partial charge in [-0.05, 0) is 33.2 Å². The van der Waals surface area contributed by atoms with Crippen LogP contribution in [0.3, 0.4) is 0 Å². The van der Waals surface area contributed by atoms with E-state index in [-0.39, 0.29) is 11.8 Å². The van der Waals surface area contributed by atoms with Crippen LogP contribution in [0.1, 0.15) is 40.5 Å². The molecule has 0 saturated heterocycles. The van der Waals surface area contributed by atoms with Gasteiger partial charge in [-0.15, -0.1) is 0 Å². The molecule has 0 rings (SSSR count). The van der Waals surface area contributed by atoms with E-state index >= 15 is 0 Å². The fraction of sp³-hybridized carbons (Fsp3) is 1.00. The van der Waals surface area contributed by atoms with Crippen molar-refractivity contribution < 1.29 is 13.6 Å². The molecule has 0 amide bonds. The van der Waals surface area contributed by atoms with Crippen molar-refractivity contribution >= 4 is 8.56 Å². The summed E-state index contributed by atoms with van der Waals surface area (Å²) in [7, 11) is -0.447. The van der Waals surface area contributed by atoms with Crippen molar-refractivity contribution in [2.45, 2.75) is 58.9 Å². The highest BCUT2D eigenvalue weighted by atomic mass is 28.4. The SMILES string of the molecule is CCCOC(CC)[Si](C)(OC)OC(C)C. The van der Waals surface area contributed by atoms with E-state index in [9.17, 15) is 0 Å². The van der Waals surface area contributed by atoms with Gasteiger partial charge in [-0.2, -0.15) is 0 Å². The quantitative estimate of drug-likeness (QED) is 0.604. The molecular formula is C11H26O3Si. The zero-order chi connectivity index (χ0) is 11.9. The Morgan fingerprint density at radius 2 is 1.80 bits per heavy atom. The van der Waals surface area contributed by atoms with Gasteiger partial charge in [0.25, 0.3) is 0 Å². The second kappa shape index (κ2) is 7.38. The molecule has 0 aliphatic heterocycles. The van der Waals surface area contributed by atoms with Gasteiger partial charge < -0.3 is 13.6 Å². The third-order valence-electron chi connectivity index (χ3n) is 2.35. The van der Waals surface area contributed by atoms with E-state index in [0.29, 0.717) is 0 Å². The Bertz CT molecular complexity index is 164. The number of rotatable bonds is 8. The van der Waals surface area contributed by atoms with Crippen molar-refractivity contribution in [1.29, 1.82) is 0 Å². The zero-order valence-electron chi connectivity index (χ0n) is 11.0. The molecule has 0 aliphatic rings. The van der Waals surface area contributed by atoms with E-state index in [2.05, 4.69) is 20.4 Å². The van der Waals surface area contributed by atoms with E-state index in [4.69, 9.17) is 13.6 Å². The smallest absolute Gasteiger partial charge is 0.364 e. The van der Waals surface area contributed by atoms with Gasteiger partial charge in [-0.25, -0.2) is 0 Å². The van der Waals surface area contributed by atoms with Crippen molar-refractivity contribution in [1.82, 2.24) is 0 Å². The average molecular weight is 234 g/mol. The van der Waals surface area contributed by atoms with Gasteiger partial charge in [0.1, 0.15) is 5.73 Å². The summed E-state index contributed by atoms with van der Waals surface area (Å²) in [5, 5.41) is 0. The molecule has 2 unspecified atom stereocenters. The molecule has 0 aliphatic carbocycles. The number of hydrogen-bond donors (Lipinski definition) is 0. The summed E-state index contributed by atoms with van der Waals surface area (Å²) in [5.74, 6) is 0. The topological polar surface area (TPSA) is 27.7 Å². The molecular weight excluding hydrogens is 208 g/mol. The summed E-state index contributed by atoms with van der Waals surface area (Å²) >= 11 is 0. The fourth-order valence-electron chi connectivity index (χ4n) is 1.62. The highest BCUT2D eigenvalue weighted by Crippen LogP contribution is 2.19. The molecule has 0 saturated carbocycles. The lowest BCUT2D eigenvalue weighted by molar-refractivity contribution is 0.0412. The van der Waals surface area contributed by atoms with Crippen LogP contribution in [0.5, 0.6) is 0 Å². The van der Waals surface area contributed by atoms with Crippen LogP contribution < -0.4 is 0 Å². The van der Waals surface area contributed by atoms with Crippen LogP contribution in [0.2, 0.25) is 6.55 Å². The van der Waals surface area contributed by atoms with Gasteiger partial charge in [0.05, 0.1) is 0 Å². The van der Waals surface area contributed by atoms with Crippen LogP contribution in [0.25, 0.3) is 0 Å². The molecule has 92 valence electrons. The molecule has 0 radical (unpaired) electrons. The third-order valence-corrected chi connectivity index (χ3v) is 5.85. The van der Waals surface area contributed by atoms with Crippen LogP contribution in [0, 0.1) is 0 Å². The third kappa shape index (κ3) is 5.11. The second-order valence-corrected chi connectivity index (χ2v) is 7.47. The largest absolute Gasteiger partial charge is 0.396 e. The van der Waals surface area contributed by atoms with E-state index in [0.717, 1.165) is 19.4 Å². The van der Waals surface area contributed by atoms with Gasteiger partial charge >= 0.3 is 8.56 Å². The number of ether oxygens (including phenoxy) is 1. The van der Waals surface area contributed by atoms with Crippen LogP contribution in [-0.4, -0.2) is 34.1 Å². The zero-order valence-corrected chi connectivity index (χ0v) is 12.0. The van der Waals surface area contributed by atoms with Crippen LogP contribution in [0.15, 0.2) is 0 Å². The molecule has 2 atom stereocenters. The average Bonchev–Trinajstić information content (AvgIpc) is 2.17. The lowest BCUT2D eigenvalue weighted by Crippen LogP contribution is -2.52. The van der Waals surface area contributed by atoms with Crippen LogP contribution >= 0.6 is 0 Å². The fourth-order valence-corrected chi connectivity index (χ4v) is 4.23. The first-order valence-electron chi connectivity index (χ1n) is 5.84. The normalized spacial score (nSPS) is 17.8. The molecule has 0 N–H and O–H groups in total. The van der Waals surface area contributed by atoms with Gasteiger partial charge in [0, 0.05) is 19.8 Å². The summed E-state index contributed by atoms with van der Waals surface area (Å²) in [6.45, 7) is 11.2. The van der Waals surface area contributed by atoms with Crippen molar-refractivity contribution in [2.24, 2.45) is 0 Å². The Labute approximate surface area is 95.4 Å². The summed E-state index contributed by atoms with van der Waals surface area (Å²) in [4.78, 5) is 0. The highest BCUT2D eigenvalue weighted by molar-refractivity contribution is 6.67. The maximum Gasteiger partial charge on any atom is 0.364 e. The minimum atomic E-state index is -2.18. The van der Waals surface area contributed by atoms with Crippen molar-refractivity contribution in [3.63, 3.8) is 0 Å². The Hall–Kier alpha value is 0.0969. The minimum Gasteiger partial charge on any atom is -0.396 e. The molecule has 0 spiro atoms. The standard InChI is InChI=1S/C11H26O3Si/c1-7-9-13-11(8-2)15(6,12-5)14-10(3)4/h10-11H,7-9H2,1-6H3. The Balaban J connectivity index is 4.41. The van der Waals surface area contributed by atoms with Gasteiger partial charge in [-0.3, -0.25) is 0 Å². The molecule has 4 heteroatoms. The first-order valence-corrected chi connectivity index (χ1v) is 8.24. The molecule has 0 heterocycles. The summed E-state index contributed by atoms with van der Waals surface area (Å²) in [6.07, 6.45) is 2.18. The molecule has 0 aromatic rings. The Kier molecular flexibility index (Phi) is 7.43. The van der Waals surface area contributed by atoms with Gasteiger partial charge in [0.15, 0.2) is 0 Å². The van der Waals surface area contributed by atoms with Crippen LogP contribution in [-0.2, 0) is 13.6 Å². The predicted octanol–water partition coefficient (Wildman–Crippen LogP) is 2.87. The van der Waals surface area contributed by atoms with Crippen LogP contribution in [0.4, 0.5) is 0 Å². The lowest BCUT2D eigenvalue weighted by Gasteiger charge is -2.34. The first-order chi connectivity index (χ1) is 7.00. The summed E-state index contributed by atoms with van der Waals surface area (Å²) < 4.78 is 17.3. The van der Waals surface area contributed by atoms with E-state index in [1.54, 1.807) is 7.11 Å². The van der Waals surface area contributed by atoms with Crippen molar-refractivity contribution in [3.05, 3.63) is 0 Å². The second-order valence-electron chi connectivity index (χ2n) is 4.15. The molecule has 0 aromatic carbocycles. The summed E-state index contributed by atoms with van der Waals surface area (Å²) in [5.41, 5.74) is 0.129. The van der Waals surface area contributed by atoms with E-state index < -0.39 is 8.56 Å². The summed E-state index contributed by atoms with van der Waals surface area (Å²) in [6, 6.07) is 0. The van der Waals surface area contributed by atoms with Gasteiger partial charge in [-0.1, -0.05) is 13.8 Å². The lowest BCUT2D eigenvalue weighted by atomic mass is 10.5. The maximum atomic E-state index is 5.93. The number of hydrogen-bond acceptors (Lipinski definition) is 3. The predicted molar refractivity (Wildman–Crippen MR) is 65.2 cm³/mol. The highest BCUT2D eigenvalue weighted by Gasteiger charge is 2.41. The first kappa shape index (κ1) is 15.1. The molecule has 15 heavy (non-hydrogen) atoms. The Morgan fingerprint density at radius 1 is 1.20 bits per heavy atom. The molecule has 3 nitrogen and oxygen atoms in total. The Morgan fingerprint density at radius 3 is 2.13 bits per heavy atom. The van der Waals surface area contributed by atoms with Crippen molar-refractivity contribution in [3.8, 4) is 0 Å². The maximum absolute atomic E-state index is 5.93. The minimum absolute atomic E-state index is 0.129. The van der Waals surface area contributed by atoms with E-state index in [1.807, 2.05) is 13.8 Å². The molecule has 0 bridgehead atoms. The molecule has 0 aromatic heterocycles. The van der Waals surface area contributed by atoms with Gasteiger partial charge in [0.2, 0.25) is 0 Å². The molecule has 0 fully saturated rings. The van der Waals surface area contributed by atoms with Crippen molar-refractivity contribution in [2.75, 3.05) is 13.7 Å². The van der Waals surface area contributed by atoms with E-state index in [1.165, 1.54) is 0 Å². The monoisotopic (exact) mass is 234 g/mol.